The lowest BCUT2D eigenvalue weighted by Gasteiger charge is -2.28. The zero-order valence-electron chi connectivity index (χ0n) is 10.9. The maximum atomic E-state index is 11.4. The third-order valence-corrected chi connectivity index (χ3v) is 5.07. The lowest BCUT2D eigenvalue weighted by molar-refractivity contribution is 0.586. The molecule has 0 atom stereocenters. The van der Waals surface area contributed by atoms with Crippen molar-refractivity contribution >= 4 is 27.3 Å². The fourth-order valence-electron chi connectivity index (χ4n) is 1.96. The predicted octanol–water partition coefficient (Wildman–Crippen LogP) is 1.08. The molecule has 0 amide bonds. The summed E-state index contributed by atoms with van der Waals surface area (Å²) in [5.74, 6) is 1.19. The summed E-state index contributed by atoms with van der Waals surface area (Å²) < 4.78 is 22.8. The zero-order valence-corrected chi connectivity index (χ0v) is 12.5. The van der Waals surface area contributed by atoms with Crippen molar-refractivity contribution in [3.8, 4) is 0 Å². The van der Waals surface area contributed by atoms with Crippen molar-refractivity contribution in [3.05, 3.63) is 22.8 Å². The molecule has 7 heteroatoms. The Bertz CT molecular complexity index is 534. The average molecular weight is 304 g/mol. The van der Waals surface area contributed by atoms with Crippen molar-refractivity contribution in [1.82, 2.24) is 10.3 Å². The fourth-order valence-corrected chi connectivity index (χ4v) is 3.33. The van der Waals surface area contributed by atoms with Gasteiger partial charge in [0.25, 0.3) is 0 Å². The molecule has 1 aromatic rings. The molecule has 0 unspecified atom stereocenters. The number of aromatic nitrogens is 1. The highest BCUT2D eigenvalue weighted by Gasteiger charge is 2.22. The zero-order chi connectivity index (χ0) is 13.9. The van der Waals surface area contributed by atoms with Gasteiger partial charge in [-0.1, -0.05) is 18.5 Å². The SMILES string of the molecule is CCNCc1nc(N2CCS(=O)(=O)CC2)ccc1Cl. The number of nitrogens with zero attached hydrogens (tertiary/aromatic N) is 2. The largest absolute Gasteiger partial charge is 0.355 e. The number of sulfone groups is 1. The number of nitrogens with one attached hydrogen (secondary N) is 1. The molecule has 0 bridgehead atoms. The molecule has 106 valence electrons. The van der Waals surface area contributed by atoms with Crippen molar-refractivity contribution in [3.63, 3.8) is 0 Å². The molecular formula is C12H18ClN3O2S. The summed E-state index contributed by atoms with van der Waals surface area (Å²) in [5, 5.41) is 3.82. The predicted molar refractivity (Wildman–Crippen MR) is 77.5 cm³/mol. The minimum absolute atomic E-state index is 0.194. The standard InChI is InChI=1S/C12H18ClN3O2S/c1-2-14-9-11-10(13)3-4-12(15-11)16-5-7-19(17,18)8-6-16/h3-4,14H,2,5-9H2,1H3. The van der Waals surface area contributed by atoms with E-state index in [1.54, 1.807) is 0 Å². The maximum Gasteiger partial charge on any atom is 0.153 e. The first-order valence-corrected chi connectivity index (χ1v) is 8.53. The van der Waals surface area contributed by atoms with E-state index in [0.717, 1.165) is 18.1 Å². The van der Waals surface area contributed by atoms with Crippen LogP contribution >= 0.6 is 11.6 Å². The summed E-state index contributed by atoms with van der Waals surface area (Å²) in [6.45, 7) is 4.49. The van der Waals surface area contributed by atoms with Crippen LogP contribution < -0.4 is 10.2 Å². The molecule has 1 aliphatic heterocycles. The lowest BCUT2D eigenvalue weighted by atomic mass is 10.3. The van der Waals surface area contributed by atoms with Crippen molar-refractivity contribution in [2.45, 2.75) is 13.5 Å². The summed E-state index contributed by atoms with van der Waals surface area (Å²) in [7, 11) is -2.86. The molecule has 0 saturated carbocycles. The first-order chi connectivity index (χ1) is 9.02. The monoisotopic (exact) mass is 303 g/mol. The van der Waals surface area contributed by atoms with Crippen LogP contribution in [0.5, 0.6) is 0 Å². The molecule has 0 aliphatic carbocycles. The molecule has 1 aliphatic rings. The minimum atomic E-state index is -2.86. The van der Waals surface area contributed by atoms with Crippen LogP contribution in [0.3, 0.4) is 0 Å². The van der Waals surface area contributed by atoms with E-state index in [-0.39, 0.29) is 11.5 Å². The first kappa shape index (κ1) is 14.6. The second-order valence-corrected chi connectivity index (χ2v) is 7.23. The van der Waals surface area contributed by atoms with Gasteiger partial charge in [0.1, 0.15) is 5.82 Å². The third kappa shape index (κ3) is 3.81. The highest BCUT2D eigenvalue weighted by atomic mass is 35.5. The Labute approximate surface area is 118 Å². The van der Waals surface area contributed by atoms with Crippen LogP contribution in [0.4, 0.5) is 5.82 Å². The van der Waals surface area contributed by atoms with Gasteiger partial charge in [-0.3, -0.25) is 0 Å². The van der Waals surface area contributed by atoms with Gasteiger partial charge in [-0.15, -0.1) is 0 Å². The third-order valence-electron chi connectivity index (χ3n) is 3.11. The average Bonchev–Trinajstić information content (AvgIpc) is 2.38. The van der Waals surface area contributed by atoms with E-state index < -0.39 is 9.84 Å². The smallest absolute Gasteiger partial charge is 0.153 e. The molecule has 2 heterocycles. The van der Waals surface area contributed by atoms with E-state index in [9.17, 15) is 8.42 Å². The van der Waals surface area contributed by atoms with Gasteiger partial charge in [-0.25, -0.2) is 13.4 Å². The molecule has 0 radical (unpaired) electrons. The summed E-state index contributed by atoms with van der Waals surface area (Å²) in [6.07, 6.45) is 0. The Morgan fingerprint density at radius 3 is 2.68 bits per heavy atom. The summed E-state index contributed by atoms with van der Waals surface area (Å²) in [5.41, 5.74) is 0.800. The van der Waals surface area contributed by atoms with Gasteiger partial charge in [0.2, 0.25) is 0 Å². The van der Waals surface area contributed by atoms with Gasteiger partial charge in [0, 0.05) is 19.6 Å². The van der Waals surface area contributed by atoms with Crippen LogP contribution in [0.1, 0.15) is 12.6 Å². The molecule has 5 nitrogen and oxygen atoms in total. The molecule has 2 rings (SSSR count). The van der Waals surface area contributed by atoms with Gasteiger partial charge in [-0.2, -0.15) is 0 Å². The molecule has 1 fully saturated rings. The normalized spacial score (nSPS) is 18.5. The second-order valence-electron chi connectivity index (χ2n) is 4.52. The molecule has 1 N–H and O–H groups in total. The Morgan fingerprint density at radius 2 is 2.05 bits per heavy atom. The van der Waals surface area contributed by atoms with Crippen molar-refractivity contribution in [2.75, 3.05) is 36.0 Å². The Morgan fingerprint density at radius 1 is 1.37 bits per heavy atom. The van der Waals surface area contributed by atoms with E-state index in [0.29, 0.717) is 24.7 Å². The Hall–Kier alpha value is -0.850. The molecule has 1 saturated heterocycles. The minimum Gasteiger partial charge on any atom is -0.355 e. The van der Waals surface area contributed by atoms with Crippen LogP contribution in [0.25, 0.3) is 0 Å². The topological polar surface area (TPSA) is 62.3 Å². The van der Waals surface area contributed by atoms with Crippen molar-refractivity contribution < 1.29 is 8.42 Å². The van der Waals surface area contributed by atoms with Gasteiger partial charge in [0.15, 0.2) is 9.84 Å². The molecule has 0 spiro atoms. The van der Waals surface area contributed by atoms with Crippen LogP contribution in [-0.4, -0.2) is 44.5 Å². The van der Waals surface area contributed by atoms with Crippen LogP contribution in [0, 0.1) is 0 Å². The number of anilines is 1. The number of pyridine rings is 1. The second kappa shape index (κ2) is 6.07. The van der Waals surface area contributed by atoms with Crippen molar-refractivity contribution in [1.29, 1.82) is 0 Å². The maximum absolute atomic E-state index is 11.4. The van der Waals surface area contributed by atoms with Gasteiger partial charge in [0.05, 0.1) is 22.2 Å². The lowest BCUT2D eigenvalue weighted by Crippen LogP contribution is -2.40. The van der Waals surface area contributed by atoms with Crippen LogP contribution in [-0.2, 0) is 16.4 Å². The van der Waals surface area contributed by atoms with E-state index in [4.69, 9.17) is 11.6 Å². The van der Waals surface area contributed by atoms with Gasteiger partial charge < -0.3 is 10.2 Å². The molecular weight excluding hydrogens is 286 g/mol. The van der Waals surface area contributed by atoms with E-state index in [1.807, 2.05) is 24.0 Å². The number of hydrogen-bond acceptors (Lipinski definition) is 5. The number of hydrogen-bond donors (Lipinski definition) is 1. The Kier molecular flexibility index (Phi) is 4.65. The van der Waals surface area contributed by atoms with Gasteiger partial charge >= 0.3 is 0 Å². The number of rotatable bonds is 4. The van der Waals surface area contributed by atoms with E-state index in [2.05, 4.69) is 10.3 Å². The molecule has 0 aromatic carbocycles. The van der Waals surface area contributed by atoms with E-state index in [1.165, 1.54) is 0 Å². The highest BCUT2D eigenvalue weighted by molar-refractivity contribution is 7.91. The highest BCUT2D eigenvalue weighted by Crippen LogP contribution is 2.20. The fraction of sp³-hybridized carbons (Fsp3) is 0.583. The van der Waals surface area contributed by atoms with E-state index >= 15 is 0 Å². The molecule has 19 heavy (non-hydrogen) atoms. The van der Waals surface area contributed by atoms with Crippen LogP contribution in [0.15, 0.2) is 12.1 Å². The summed E-state index contributed by atoms with van der Waals surface area (Å²) in [4.78, 5) is 6.51. The summed E-state index contributed by atoms with van der Waals surface area (Å²) >= 11 is 6.10. The quantitative estimate of drug-likeness (QED) is 0.902. The van der Waals surface area contributed by atoms with Crippen molar-refractivity contribution in [2.24, 2.45) is 0 Å². The number of halogens is 1. The summed E-state index contributed by atoms with van der Waals surface area (Å²) in [6, 6.07) is 3.66. The van der Waals surface area contributed by atoms with Crippen LogP contribution in [0.2, 0.25) is 5.02 Å². The Balaban J connectivity index is 2.12. The van der Waals surface area contributed by atoms with Gasteiger partial charge in [-0.05, 0) is 18.7 Å². The first-order valence-electron chi connectivity index (χ1n) is 6.33. The molecule has 1 aromatic heterocycles.